The van der Waals surface area contributed by atoms with Crippen molar-refractivity contribution in [2.75, 3.05) is 6.61 Å². The van der Waals surface area contributed by atoms with Crippen molar-refractivity contribution < 1.29 is 13.2 Å². The second-order valence-electron chi connectivity index (χ2n) is 5.27. The molecule has 20 heavy (non-hydrogen) atoms. The zero-order chi connectivity index (χ0) is 14.2. The quantitative estimate of drug-likeness (QED) is 0.856. The van der Waals surface area contributed by atoms with Crippen LogP contribution in [-0.4, -0.2) is 33.2 Å². The molecule has 1 aliphatic carbocycles. The highest BCUT2D eigenvalue weighted by molar-refractivity contribution is 7.92. The van der Waals surface area contributed by atoms with Gasteiger partial charge in [0.15, 0.2) is 0 Å². The summed E-state index contributed by atoms with van der Waals surface area (Å²) in [5.41, 5.74) is 6.83. The molecule has 5 nitrogen and oxygen atoms in total. The summed E-state index contributed by atoms with van der Waals surface area (Å²) >= 11 is 0. The lowest BCUT2D eigenvalue weighted by Gasteiger charge is -2.45. The number of hydrogen-bond acceptors (Lipinski definition) is 4. The van der Waals surface area contributed by atoms with Gasteiger partial charge in [-0.1, -0.05) is 30.3 Å². The molecule has 6 heteroatoms. The number of sulfonamides is 1. The van der Waals surface area contributed by atoms with E-state index < -0.39 is 10.0 Å². The lowest BCUT2D eigenvalue weighted by Crippen LogP contribution is -2.68. The zero-order valence-corrected chi connectivity index (χ0v) is 11.8. The van der Waals surface area contributed by atoms with Crippen LogP contribution in [0.2, 0.25) is 0 Å². The first kappa shape index (κ1) is 13.8. The largest absolute Gasteiger partial charge is 0.376 e. The average molecular weight is 294 g/mol. The second kappa shape index (κ2) is 5.29. The summed E-state index contributed by atoms with van der Waals surface area (Å²) in [5.74, 6) is 0.292. The van der Waals surface area contributed by atoms with Crippen molar-refractivity contribution in [3.8, 4) is 0 Å². The fourth-order valence-corrected chi connectivity index (χ4v) is 3.94. The van der Waals surface area contributed by atoms with Crippen LogP contribution in [0.3, 0.4) is 0 Å². The lowest BCUT2D eigenvalue weighted by molar-refractivity contribution is -0.00911. The van der Waals surface area contributed by atoms with Gasteiger partial charge < -0.3 is 10.5 Å². The molecule has 1 heterocycles. The molecule has 0 amide bonds. The average Bonchev–Trinajstić information content (AvgIpc) is 2.89. The van der Waals surface area contributed by atoms with Gasteiger partial charge in [0.2, 0.25) is 10.0 Å². The summed E-state index contributed by atoms with van der Waals surface area (Å²) in [6.07, 6.45) is 2.42. The Bertz CT molecular complexity index is 600. The minimum Gasteiger partial charge on any atom is -0.376 e. The van der Waals surface area contributed by atoms with E-state index in [-0.39, 0.29) is 18.2 Å². The standard InChI is InChI=1S/C14H18N2O3S/c15-12-11-6-8-19-14(11)13(12)16-20(17,18)9-7-10-4-2-1-3-5-10/h1-5,7,9,11-14,16H,6,8,15H2. The van der Waals surface area contributed by atoms with E-state index in [1.807, 2.05) is 30.3 Å². The Hall–Kier alpha value is -1.21. The van der Waals surface area contributed by atoms with Gasteiger partial charge >= 0.3 is 0 Å². The van der Waals surface area contributed by atoms with E-state index in [4.69, 9.17) is 10.5 Å². The number of nitrogens with two attached hydrogens (primary N) is 1. The summed E-state index contributed by atoms with van der Waals surface area (Å²) in [7, 11) is -3.50. The van der Waals surface area contributed by atoms with Crippen LogP contribution >= 0.6 is 0 Å². The van der Waals surface area contributed by atoms with E-state index in [0.717, 1.165) is 12.0 Å². The van der Waals surface area contributed by atoms with Gasteiger partial charge in [0, 0.05) is 24.0 Å². The maximum atomic E-state index is 12.0. The molecule has 1 aromatic carbocycles. The number of ether oxygens (including phenoxy) is 1. The molecule has 1 saturated carbocycles. The summed E-state index contributed by atoms with van der Waals surface area (Å²) in [6, 6.07) is 8.83. The highest BCUT2D eigenvalue weighted by atomic mass is 32.2. The third-order valence-electron chi connectivity index (χ3n) is 3.99. The Balaban J connectivity index is 1.66. The van der Waals surface area contributed by atoms with Crippen LogP contribution in [0.15, 0.2) is 35.7 Å². The SMILES string of the molecule is NC1C2CCOC2C1NS(=O)(=O)C=Cc1ccccc1. The van der Waals surface area contributed by atoms with Gasteiger partial charge in [-0.2, -0.15) is 0 Å². The van der Waals surface area contributed by atoms with Crippen LogP contribution in [0.1, 0.15) is 12.0 Å². The van der Waals surface area contributed by atoms with Gasteiger partial charge in [-0.3, -0.25) is 0 Å². The highest BCUT2D eigenvalue weighted by Crippen LogP contribution is 2.38. The third-order valence-corrected chi connectivity index (χ3v) is 5.08. The fourth-order valence-electron chi connectivity index (χ4n) is 2.86. The van der Waals surface area contributed by atoms with Crippen molar-refractivity contribution >= 4 is 16.1 Å². The molecule has 1 saturated heterocycles. The van der Waals surface area contributed by atoms with E-state index in [9.17, 15) is 8.42 Å². The number of nitrogens with one attached hydrogen (secondary N) is 1. The fraction of sp³-hybridized carbons (Fsp3) is 0.429. The predicted octanol–water partition coefficient (Wildman–Crippen LogP) is 0.691. The van der Waals surface area contributed by atoms with Crippen LogP contribution in [0.25, 0.3) is 6.08 Å². The van der Waals surface area contributed by atoms with E-state index in [1.165, 1.54) is 5.41 Å². The summed E-state index contributed by atoms with van der Waals surface area (Å²) in [4.78, 5) is 0. The molecule has 0 aromatic heterocycles. The molecule has 4 unspecified atom stereocenters. The maximum absolute atomic E-state index is 12.0. The van der Waals surface area contributed by atoms with Gasteiger partial charge in [-0.25, -0.2) is 13.1 Å². The molecular formula is C14H18N2O3S. The molecule has 1 aromatic rings. The first-order valence-corrected chi connectivity index (χ1v) is 8.24. The topological polar surface area (TPSA) is 81.4 Å². The molecule has 4 atom stereocenters. The first-order valence-electron chi connectivity index (χ1n) is 6.69. The van der Waals surface area contributed by atoms with Gasteiger partial charge in [0.25, 0.3) is 0 Å². The smallest absolute Gasteiger partial charge is 0.234 e. The first-order chi connectivity index (χ1) is 9.57. The summed E-state index contributed by atoms with van der Waals surface area (Å²) < 4.78 is 32.2. The Morgan fingerprint density at radius 3 is 2.80 bits per heavy atom. The molecular weight excluding hydrogens is 276 g/mol. The van der Waals surface area contributed by atoms with Crippen LogP contribution in [-0.2, 0) is 14.8 Å². The number of benzene rings is 1. The van der Waals surface area contributed by atoms with E-state index in [1.54, 1.807) is 6.08 Å². The van der Waals surface area contributed by atoms with Crippen LogP contribution < -0.4 is 10.5 Å². The third kappa shape index (κ3) is 2.64. The van der Waals surface area contributed by atoms with Crippen molar-refractivity contribution in [2.24, 2.45) is 11.7 Å². The molecule has 0 radical (unpaired) electrons. The van der Waals surface area contributed by atoms with E-state index >= 15 is 0 Å². The van der Waals surface area contributed by atoms with Crippen molar-refractivity contribution in [1.82, 2.24) is 4.72 Å². The van der Waals surface area contributed by atoms with Crippen LogP contribution in [0.5, 0.6) is 0 Å². The molecule has 1 aliphatic heterocycles. The number of fused-ring (bicyclic) bond motifs is 1. The Kier molecular flexibility index (Phi) is 3.64. The highest BCUT2D eigenvalue weighted by Gasteiger charge is 2.53. The summed E-state index contributed by atoms with van der Waals surface area (Å²) in [5, 5.41) is 1.18. The molecule has 3 N–H and O–H groups in total. The molecule has 3 rings (SSSR count). The van der Waals surface area contributed by atoms with E-state index in [2.05, 4.69) is 4.72 Å². The Labute approximate surface area is 118 Å². The lowest BCUT2D eigenvalue weighted by atomic mass is 9.73. The van der Waals surface area contributed by atoms with E-state index in [0.29, 0.717) is 12.5 Å². The monoisotopic (exact) mass is 294 g/mol. The summed E-state index contributed by atoms with van der Waals surface area (Å²) in [6.45, 7) is 0.668. The minimum absolute atomic E-state index is 0.0649. The van der Waals surface area contributed by atoms with Crippen molar-refractivity contribution in [1.29, 1.82) is 0 Å². The Morgan fingerprint density at radius 2 is 2.05 bits per heavy atom. The van der Waals surface area contributed by atoms with Gasteiger partial charge in [0.05, 0.1) is 12.1 Å². The predicted molar refractivity (Wildman–Crippen MR) is 77.1 cm³/mol. The Morgan fingerprint density at radius 1 is 1.30 bits per heavy atom. The molecule has 0 bridgehead atoms. The normalized spacial score (nSPS) is 33.0. The van der Waals surface area contributed by atoms with Gasteiger partial charge in [-0.15, -0.1) is 0 Å². The zero-order valence-electron chi connectivity index (χ0n) is 11.0. The van der Waals surface area contributed by atoms with Crippen molar-refractivity contribution in [3.63, 3.8) is 0 Å². The maximum Gasteiger partial charge on any atom is 0.234 e. The van der Waals surface area contributed by atoms with Crippen LogP contribution in [0, 0.1) is 5.92 Å². The number of rotatable bonds is 4. The van der Waals surface area contributed by atoms with Crippen molar-refractivity contribution in [3.05, 3.63) is 41.3 Å². The number of hydrogen-bond donors (Lipinski definition) is 2. The van der Waals surface area contributed by atoms with Crippen molar-refractivity contribution in [2.45, 2.75) is 24.6 Å². The minimum atomic E-state index is -3.50. The molecule has 2 fully saturated rings. The molecule has 2 aliphatic rings. The second-order valence-corrected chi connectivity index (χ2v) is 6.87. The van der Waals surface area contributed by atoms with Crippen LogP contribution in [0.4, 0.5) is 0 Å². The van der Waals surface area contributed by atoms with Gasteiger partial charge in [0.1, 0.15) is 0 Å². The molecule has 108 valence electrons. The van der Waals surface area contributed by atoms with Gasteiger partial charge in [-0.05, 0) is 18.1 Å². The molecule has 0 spiro atoms.